The Kier molecular flexibility index (Phi) is 6.49. The lowest BCUT2D eigenvalue weighted by atomic mass is 10.1. The van der Waals surface area contributed by atoms with Crippen molar-refractivity contribution in [2.75, 3.05) is 5.75 Å². The van der Waals surface area contributed by atoms with Crippen LogP contribution in [0.15, 0.2) is 59.7 Å². The monoisotopic (exact) mass is 332 g/mol. The highest BCUT2D eigenvalue weighted by molar-refractivity contribution is 7.99. The van der Waals surface area contributed by atoms with Crippen LogP contribution in [0.4, 0.5) is 0 Å². The van der Waals surface area contributed by atoms with Gasteiger partial charge < -0.3 is 0 Å². The first-order valence-electron chi connectivity index (χ1n) is 6.86. The van der Waals surface area contributed by atoms with Gasteiger partial charge in [0.25, 0.3) is 0 Å². The molecule has 3 nitrogen and oxygen atoms in total. The van der Waals surface area contributed by atoms with Gasteiger partial charge in [-0.15, -0.1) is 11.8 Å². The molecular formula is C17H17ClN2OS. The fraction of sp³-hybridized carbons (Fsp3) is 0.176. The number of carbonyl (C=O) groups excluding carboxylic acids is 1. The first-order valence-corrected chi connectivity index (χ1v) is 8.39. The van der Waals surface area contributed by atoms with Crippen molar-refractivity contribution in [2.45, 2.75) is 12.7 Å². The Bertz CT molecular complexity index is 641. The van der Waals surface area contributed by atoms with E-state index in [-0.39, 0.29) is 5.91 Å². The molecule has 2 aromatic rings. The molecule has 0 saturated heterocycles. The van der Waals surface area contributed by atoms with E-state index < -0.39 is 0 Å². The lowest BCUT2D eigenvalue weighted by Crippen LogP contribution is -2.21. The summed E-state index contributed by atoms with van der Waals surface area (Å²) in [5.41, 5.74) is 5.51. The van der Waals surface area contributed by atoms with Gasteiger partial charge in [0.1, 0.15) is 0 Å². The molecular weight excluding hydrogens is 316 g/mol. The Labute approximate surface area is 139 Å². The van der Waals surface area contributed by atoms with Crippen LogP contribution in [-0.2, 0) is 10.5 Å². The zero-order valence-corrected chi connectivity index (χ0v) is 13.8. The van der Waals surface area contributed by atoms with E-state index >= 15 is 0 Å². The molecule has 0 aliphatic rings. The minimum absolute atomic E-state index is 0.103. The minimum atomic E-state index is -0.103. The normalized spacial score (nSPS) is 11.3. The SMILES string of the molecule is CC(=NNC(=O)CSCc1ccc(Cl)cc1)c1ccccc1. The summed E-state index contributed by atoms with van der Waals surface area (Å²) in [5.74, 6) is 1.04. The number of nitrogens with zero attached hydrogens (tertiary/aromatic N) is 1. The number of hydrogen-bond donors (Lipinski definition) is 1. The smallest absolute Gasteiger partial charge is 0.250 e. The Hall–Kier alpha value is -1.78. The molecule has 22 heavy (non-hydrogen) atoms. The van der Waals surface area contributed by atoms with Gasteiger partial charge in [-0.3, -0.25) is 4.79 Å². The standard InChI is InChI=1S/C17H17ClN2OS/c1-13(15-5-3-2-4-6-15)19-20-17(21)12-22-11-14-7-9-16(18)10-8-14/h2-10H,11-12H2,1H3,(H,20,21). The van der Waals surface area contributed by atoms with Crippen molar-refractivity contribution < 1.29 is 4.79 Å². The van der Waals surface area contributed by atoms with Crippen LogP contribution in [0.5, 0.6) is 0 Å². The molecule has 0 atom stereocenters. The third-order valence-corrected chi connectivity index (χ3v) is 4.21. The molecule has 1 N–H and O–H groups in total. The molecule has 0 radical (unpaired) electrons. The van der Waals surface area contributed by atoms with Crippen molar-refractivity contribution in [1.29, 1.82) is 0 Å². The van der Waals surface area contributed by atoms with Crippen LogP contribution in [0.3, 0.4) is 0 Å². The van der Waals surface area contributed by atoms with E-state index in [1.807, 2.05) is 61.5 Å². The van der Waals surface area contributed by atoms with Crippen molar-refractivity contribution in [3.05, 3.63) is 70.7 Å². The van der Waals surface area contributed by atoms with E-state index in [1.165, 1.54) is 0 Å². The summed E-state index contributed by atoms with van der Waals surface area (Å²) in [7, 11) is 0. The third kappa shape index (κ3) is 5.54. The van der Waals surface area contributed by atoms with E-state index in [0.717, 1.165) is 27.6 Å². The van der Waals surface area contributed by atoms with Gasteiger partial charge in [0.05, 0.1) is 11.5 Å². The van der Waals surface area contributed by atoms with E-state index in [1.54, 1.807) is 11.8 Å². The molecule has 5 heteroatoms. The Morgan fingerprint density at radius 2 is 1.82 bits per heavy atom. The highest BCUT2D eigenvalue weighted by atomic mass is 35.5. The van der Waals surface area contributed by atoms with Gasteiger partial charge in [-0.2, -0.15) is 5.10 Å². The molecule has 0 bridgehead atoms. The lowest BCUT2D eigenvalue weighted by molar-refractivity contribution is -0.118. The Morgan fingerprint density at radius 3 is 2.50 bits per heavy atom. The van der Waals surface area contributed by atoms with Crippen molar-refractivity contribution in [1.82, 2.24) is 5.43 Å². The predicted molar refractivity (Wildman–Crippen MR) is 94.4 cm³/mol. The first-order chi connectivity index (χ1) is 10.6. The maximum absolute atomic E-state index is 11.8. The van der Waals surface area contributed by atoms with Crippen LogP contribution >= 0.6 is 23.4 Å². The summed E-state index contributed by atoms with van der Waals surface area (Å²) in [6.07, 6.45) is 0. The molecule has 0 aliphatic carbocycles. The molecule has 0 unspecified atom stereocenters. The summed E-state index contributed by atoms with van der Waals surface area (Å²) >= 11 is 7.38. The summed E-state index contributed by atoms with van der Waals surface area (Å²) in [5, 5.41) is 4.84. The first kappa shape index (κ1) is 16.6. The average Bonchev–Trinajstić information content (AvgIpc) is 2.55. The van der Waals surface area contributed by atoms with E-state index in [9.17, 15) is 4.79 Å². The molecule has 114 valence electrons. The lowest BCUT2D eigenvalue weighted by Gasteiger charge is -2.03. The predicted octanol–water partition coefficient (Wildman–Crippen LogP) is 4.11. The molecule has 0 saturated carbocycles. The third-order valence-electron chi connectivity index (χ3n) is 2.96. The van der Waals surface area contributed by atoms with Gasteiger partial charge in [-0.25, -0.2) is 5.43 Å². The second-order valence-corrected chi connectivity index (χ2v) is 6.14. The number of carbonyl (C=O) groups is 1. The summed E-state index contributed by atoms with van der Waals surface area (Å²) in [4.78, 5) is 11.8. The maximum Gasteiger partial charge on any atom is 0.250 e. The van der Waals surface area contributed by atoms with E-state index in [0.29, 0.717) is 5.75 Å². The van der Waals surface area contributed by atoms with Gasteiger partial charge in [-0.05, 0) is 30.2 Å². The number of halogens is 1. The molecule has 0 aliphatic heterocycles. The molecule has 2 aromatic carbocycles. The van der Waals surface area contributed by atoms with Crippen LogP contribution in [0.2, 0.25) is 5.02 Å². The molecule has 2 rings (SSSR count). The highest BCUT2D eigenvalue weighted by Gasteiger charge is 2.02. The Balaban J connectivity index is 1.75. The van der Waals surface area contributed by atoms with Crippen LogP contribution in [0, 0.1) is 0 Å². The van der Waals surface area contributed by atoms with Gasteiger partial charge in [-0.1, -0.05) is 54.1 Å². The van der Waals surface area contributed by atoms with Crippen LogP contribution in [0.1, 0.15) is 18.1 Å². The topological polar surface area (TPSA) is 41.5 Å². The summed E-state index contributed by atoms with van der Waals surface area (Å²) < 4.78 is 0. The quantitative estimate of drug-likeness (QED) is 0.638. The van der Waals surface area contributed by atoms with Crippen molar-refractivity contribution in [2.24, 2.45) is 5.10 Å². The fourth-order valence-electron chi connectivity index (χ4n) is 1.76. The van der Waals surface area contributed by atoms with Gasteiger partial charge in [0.15, 0.2) is 0 Å². The number of hydrazone groups is 1. The highest BCUT2D eigenvalue weighted by Crippen LogP contribution is 2.15. The maximum atomic E-state index is 11.8. The number of benzene rings is 2. The number of hydrogen-bond acceptors (Lipinski definition) is 3. The van der Waals surface area contributed by atoms with E-state index in [2.05, 4.69) is 10.5 Å². The molecule has 0 spiro atoms. The number of rotatable bonds is 6. The summed E-state index contributed by atoms with van der Waals surface area (Å²) in [6, 6.07) is 17.4. The summed E-state index contributed by atoms with van der Waals surface area (Å²) in [6.45, 7) is 1.87. The average molecular weight is 333 g/mol. The largest absolute Gasteiger partial charge is 0.272 e. The molecule has 0 fully saturated rings. The molecule has 0 heterocycles. The van der Waals surface area contributed by atoms with Crippen LogP contribution in [-0.4, -0.2) is 17.4 Å². The fourth-order valence-corrected chi connectivity index (χ4v) is 2.67. The van der Waals surface area contributed by atoms with Crippen molar-refractivity contribution >= 4 is 35.0 Å². The van der Waals surface area contributed by atoms with Gasteiger partial charge in [0.2, 0.25) is 5.91 Å². The zero-order valence-electron chi connectivity index (χ0n) is 12.3. The second kappa shape index (κ2) is 8.61. The van der Waals surface area contributed by atoms with Crippen LogP contribution < -0.4 is 5.43 Å². The number of thioether (sulfide) groups is 1. The number of nitrogens with one attached hydrogen (secondary N) is 1. The molecule has 0 aromatic heterocycles. The minimum Gasteiger partial charge on any atom is -0.272 e. The van der Waals surface area contributed by atoms with Gasteiger partial charge in [0, 0.05) is 10.8 Å². The Morgan fingerprint density at radius 1 is 1.14 bits per heavy atom. The van der Waals surface area contributed by atoms with E-state index in [4.69, 9.17) is 11.6 Å². The second-order valence-electron chi connectivity index (χ2n) is 4.72. The molecule has 1 amide bonds. The van der Waals surface area contributed by atoms with Crippen molar-refractivity contribution in [3.8, 4) is 0 Å². The number of amides is 1. The van der Waals surface area contributed by atoms with Crippen molar-refractivity contribution in [3.63, 3.8) is 0 Å². The zero-order chi connectivity index (χ0) is 15.8. The van der Waals surface area contributed by atoms with Crippen LogP contribution in [0.25, 0.3) is 0 Å². The van der Waals surface area contributed by atoms with Gasteiger partial charge >= 0.3 is 0 Å².